The number of hydrogen-bond donors (Lipinski definition) is 1. The topological polar surface area (TPSA) is 90.7 Å². The van der Waals surface area contributed by atoms with Crippen molar-refractivity contribution in [2.45, 2.75) is 64.7 Å². The molecule has 1 N–H and O–H groups in total. The maximum absolute atomic E-state index is 11.2. The smallest absolute Gasteiger partial charge is 0.219 e. The number of benzene rings is 1. The number of piperidine rings is 1. The van der Waals surface area contributed by atoms with Crippen molar-refractivity contribution in [2.24, 2.45) is 5.92 Å². The molecule has 1 amide bonds. The number of amides is 1. The van der Waals surface area contributed by atoms with Crippen molar-refractivity contribution in [2.75, 3.05) is 32.8 Å². The van der Waals surface area contributed by atoms with Gasteiger partial charge in [-0.25, -0.2) is 9.67 Å². The van der Waals surface area contributed by atoms with Crippen molar-refractivity contribution >= 4 is 14.0 Å². The highest BCUT2D eigenvalue weighted by atomic mass is 28.3. The summed E-state index contributed by atoms with van der Waals surface area (Å²) in [5.74, 6) is 2.76. The molecule has 0 saturated carbocycles. The molecule has 9 nitrogen and oxygen atoms in total. The molecule has 2 aromatic heterocycles. The lowest BCUT2D eigenvalue weighted by Gasteiger charge is -2.33. The molecule has 5 rings (SSSR count). The summed E-state index contributed by atoms with van der Waals surface area (Å²) in [6.07, 6.45) is 6.87. The Bertz CT molecular complexity index is 1300. The van der Waals surface area contributed by atoms with Crippen LogP contribution in [0.3, 0.4) is 0 Å². The zero-order valence-electron chi connectivity index (χ0n) is 24.8. The first kappa shape index (κ1) is 29.3. The van der Waals surface area contributed by atoms with Crippen LogP contribution >= 0.6 is 0 Å². The average Bonchev–Trinajstić information content (AvgIpc) is 3.57. The van der Waals surface area contributed by atoms with E-state index in [1.54, 1.807) is 13.1 Å². The van der Waals surface area contributed by atoms with E-state index in [1.165, 1.54) is 5.56 Å². The van der Waals surface area contributed by atoms with Gasteiger partial charge >= 0.3 is 0 Å². The van der Waals surface area contributed by atoms with E-state index in [2.05, 4.69) is 46.0 Å². The fourth-order valence-corrected chi connectivity index (χ4v) is 6.07. The molecule has 1 unspecified atom stereocenters. The number of rotatable bonds is 12. The molecule has 4 heterocycles. The van der Waals surface area contributed by atoms with E-state index in [0.29, 0.717) is 24.3 Å². The minimum atomic E-state index is -1.12. The number of fused-ring (bicyclic) bond motifs is 1. The Hall–Kier alpha value is -3.21. The average molecular weight is 578 g/mol. The second kappa shape index (κ2) is 13.2. The lowest BCUT2D eigenvalue weighted by Crippen LogP contribution is -2.42. The van der Waals surface area contributed by atoms with Crippen LogP contribution in [0.1, 0.15) is 25.3 Å². The van der Waals surface area contributed by atoms with Gasteiger partial charge in [-0.05, 0) is 61.7 Å². The Balaban J connectivity index is 1.10. The number of nitrogens with zero attached hydrogens (tertiary/aromatic N) is 4. The molecule has 0 radical (unpaired) electrons. The van der Waals surface area contributed by atoms with E-state index >= 15 is 0 Å². The molecular formula is C31H43N5O4Si. The lowest BCUT2D eigenvalue weighted by atomic mass is 9.96. The van der Waals surface area contributed by atoms with E-state index in [-0.39, 0.29) is 12.0 Å². The van der Waals surface area contributed by atoms with E-state index in [4.69, 9.17) is 14.2 Å². The second-order valence-corrected chi connectivity index (χ2v) is 18.1. The lowest BCUT2D eigenvalue weighted by molar-refractivity contribution is -0.119. The number of carbonyl (C=O) groups excluding carboxylic acids is 1. The summed E-state index contributed by atoms with van der Waals surface area (Å²) in [5, 5.41) is 7.38. The summed E-state index contributed by atoms with van der Waals surface area (Å²) in [5.41, 5.74) is 3.14. The van der Waals surface area contributed by atoms with Gasteiger partial charge in [-0.3, -0.25) is 9.69 Å². The van der Waals surface area contributed by atoms with Gasteiger partial charge in [-0.15, -0.1) is 0 Å². The highest BCUT2D eigenvalue weighted by molar-refractivity contribution is 6.76. The largest absolute Gasteiger partial charge is 0.488 e. The predicted molar refractivity (Wildman–Crippen MR) is 162 cm³/mol. The standard InChI is InChI=1S/C31H43N5O4Si/c1-23(37)32-19-24-10-13-35(14-11-24)21-28-17-25-5-7-27(18-30(25)39-28)40-31-8-6-26(20-33-31)29-9-12-34-36(29)22-38-15-16-41(2,3)4/h5-9,12,18,20,24,28H,10-11,13-17,19,21-22H2,1-4H3,(H,32,37). The number of likely N-dealkylation sites (tertiary alicyclic amines) is 1. The third kappa shape index (κ3) is 8.40. The number of aromatic nitrogens is 3. The molecule has 1 aromatic carbocycles. The van der Waals surface area contributed by atoms with Gasteiger partial charge in [0.15, 0.2) is 0 Å². The van der Waals surface area contributed by atoms with Crippen molar-refractivity contribution < 1.29 is 19.0 Å². The van der Waals surface area contributed by atoms with Crippen molar-refractivity contribution in [1.29, 1.82) is 0 Å². The SMILES string of the molecule is CC(=O)NCC1CCN(CC2Cc3ccc(Oc4ccc(-c5ccnn5COCC[Si](C)(C)C)cn4)cc3O2)CC1. The summed E-state index contributed by atoms with van der Waals surface area (Å²) in [4.78, 5) is 18.2. The zero-order valence-corrected chi connectivity index (χ0v) is 25.8. The summed E-state index contributed by atoms with van der Waals surface area (Å²) in [7, 11) is -1.12. The molecule has 10 heteroatoms. The molecule has 3 aromatic rings. The summed E-state index contributed by atoms with van der Waals surface area (Å²) in [6, 6.07) is 13.0. The van der Waals surface area contributed by atoms with Crippen LogP contribution in [0.15, 0.2) is 48.8 Å². The van der Waals surface area contributed by atoms with Gasteiger partial charge in [0.1, 0.15) is 24.3 Å². The van der Waals surface area contributed by atoms with Crippen molar-refractivity contribution in [3.63, 3.8) is 0 Å². The predicted octanol–water partition coefficient (Wildman–Crippen LogP) is 5.20. The molecule has 1 saturated heterocycles. The summed E-state index contributed by atoms with van der Waals surface area (Å²) in [6.45, 7) is 13.6. The Labute approximate surface area is 244 Å². The first-order chi connectivity index (χ1) is 19.7. The Morgan fingerprint density at radius 3 is 2.71 bits per heavy atom. The highest BCUT2D eigenvalue weighted by Crippen LogP contribution is 2.35. The number of nitrogens with one attached hydrogen (secondary N) is 1. The third-order valence-electron chi connectivity index (χ3n) is 7.77. The van der Waals surface area contributed by atoms with E-state index in [0.717, 1.165) is 75.1 Å². The Morgan fingerprint density at radius 2 is 1.98 bits per heavy atom. The summed E-state index contributed by atoms with van der Waals surface area (Å²) >= 11 is 0. The molecular weight excluding hydrogens is 534 g/mol. The first-order valence-corrected chi connectivity index (χ1v) is 18.4. The van der Waals surface area contributed by atoms with Gasteiger partial charge in [0.05, 0.1) is 5.69 Å². The normalized spacial score (nSPS) is 17.7. The van der Waals surface area contributed by atoms with Gasteiger partial charge in [0.2, 0.25) is 11.8 Å². The molecule has 41 heavy (non-hydrogen) atoms. The number of ether oxygens (including phenoxy) is 3. The van der Waals surface area contributed by atoms with Crippen LogP contribution in [0.2, 0.25) is 25.7 Å². The molecule has 2 aliphatic heterocycles. The fourth-order valence-electron chi connectivity index (χ4n) is 5.32. The van der Waals surface area contributed by atoms with Crippen molar-refractivity contribution in [1.82, 2.24) is 25.0 Å². The minimum absolute atomic E-state index is 0.0539. The van der Waals surface area contributed by atoms with E-state index in [9.17, 15) is 4.79 Å². The molecule has 1 fully saturated rings. The van der Waals surface area contributed by atoms with Gasteiger partial charge in [0, 0.05) is 71.2 Å². The van der Waals surface area contributed by atoms with E-state index in [1.807, 2.05) is 41.2 Å². The van der Waals surface area contributed by atoms with Gasteiger partial charge in [-0.2, -0.15) is 5.10 Å². The van der Waals surface area contributed by atoms with Gasteiger partial charge in [0.25, 0.3) is 0 Å². The molecule has 0 bridgehead atoms. The van der Waals surface area contributed by atoms with Crippen LogP contribution in [-0.2, 0) is 22.7 Å². The van der Waals surface area contributed by atoms with Gasteiger partial charge in [-0.1, -0.05) is 25.7 Å². The number of pyridine rings is 1. The Morgan fingerprint density at radius 1 is 1.15 bits per heavy atom. The van der Waals surface area contributed by atoms with Crippen LogP contribution in [0, 0.1) is 5.92 Å². The highest BCUT2D eigenvalue weighted by Gasteiger charge is 2.28. The second-order valence-electron chi connectivity index (χ2n) is 12.4. The van der Waals surface area contributed by atoms with Crippen molar-refractivity contribution in [3.05, 3.63) is 54.4 Å². The monoisotopic (exact) mass is 577 g/mol. The summed E-state index contributed by atoms with van der Waals surface area (Å²) < 4.78 is 20.1. The number of hydrogen-bond acceptors (Lipinski definition) is 7. The van der Waals surface area contributed by atoms with Crippen molar-refractivity contribution in [3.8, 4) is 28.6 Å². The quantitative estimate of drug-likeness (QED) is 0.234. The van der Waals surface area contributed by atoms with Crippen LogP contribution in [0.5, 0.6) is 17.4 Å². The molecule has 0 spiro atoms. The maximum atomic E-state index is 11.2. The van der Waals surface area contributed by atoms with Crippen LogP contribution < -0.4 is 14.8 Å². The third-order valence-corrected chi connectivity index (χ3v) is 9.47. The number of carbonyl (C=O) groups is 1. The van der Waals surface area contributed by atoms with Crippen LogP contribution in [0.4, 0.5) is 0 Å². The molecule has 220 valence electrons. The molecule has 2 aliphatic rings. The van der Waals surface area contributed by atoms with Crippen LogP contribution in [-0.4, -0.2) is 72.5 Å². The fraction of sp³-hybridized carbons (Fsp3) is 0.516. The zero-order chi connectivity index (χ0) is 28.8. The van der Waals surface area contributed by atoms with Gasteiger partial charge < -0.3 is 19.5 Å². The Kier molecular flexibility index (Phi) is 9.41. The van der Waals surface area contributed by atoms with Crippen LogP contribution in [0.25, 0.3) is 11.3 Å². The molecule has 0 aliphatic carbocycles. The first-order valence-electron chi connectivity index (χ1n) is 14.7. The minimum Gasteiger partial charge on any atom is -0.488 e. The maximum Gasteiger partial charge on any atom is 0.219 e. The molecule has 1 atom stereocenters. The van der Waals surface area contributed by atoms with E-state index < -0.39 is 8.07 Å².